The number of piperidine rings is 1. The summed E-state index contributed by atoms with van der Waals surface area (Å²) in [5.74, 6) is 1.62. The summed E-state index contributed by atoms with van der Waals surface area (Å²) in [4.78, 5) is 48.2. The van der Waals surface area contributed by atoms with Crippen molar-refractivity contribution in [1.29, 1.82) is 0 Å². The molecule has 0 unspecified atom stereocenters. The molecule has 2 aromatic heterocycles. The molecule has 2 aromatic rings. The minimum Gasteiger partial charge on any atom is -0.477 e. The van der Waals surface area contributed by atoms with Gasteiger partial charge in [0.1, 0.15) is 12.4 Å². The topological polar surface area (TPSA) is 138 Å². The Bertz CT molecular complexity index is 1050. The van der Waals surface area contributed by atoms with Crippen molar-refractivity contribution in [3.8, 4) is 5.88 Å². The maximum Gasteiger partial charge on any atom is 0.412 e. The van der Waals surface area contributed by atoms with Crippen molar-refractivity contribution in [3.05, 3.63) is 24.7 Å². The smallest absolute Gasteiger partial charge is 0.412 e. The van der Waals surface area contributed by atoms with Gasteiger partial charge in [-0.05, 0) is 52.3 Å². The first-order valence-corrected chi connectivity index (χ1v) is 12.6. The zero-order valence-electron chi connectivity index (χ0n) is 21.6. The zero-order chi connectivity index (χ0) is 26.2. The minimum absolute atomic E-state index is 0.0574. The molecule has 13 heteroatoms. The Morgan fingerprint density at radius 3 is 2.68 bits per heavy atom. The van der Waals surface area contributed by atoms with E-state index in [1.807, 2.05) is 18.9 Å². The van der Waals surface area contributed by atoms with Crippen molar-refractivity contribution >= 4 is 29.7 Å². The number of aromatic nitrogens is 4. The van der Waals surface area contributed by atoms with E-state index in [0.29, 0.717) is 43.2 Å². The van der Waals surface area contributed by atoms with Crippen LogP contribution >= 0.6 is 0 Å². The van der Waals surface area contributed by atoms with Gasteiger partial charge in [-0.15, -0.1) is 0 Å². The van der Waals surface area contributed by atoms with Crippen LogP contribution in [-0.4, -0.2) is 101 Å². The van der Waals surface area contributed by atoms with Crippen molar-refractivity contribution in [3.63, 3.8) is 0 Å². The lowest BCUT2D eigenvalue weighted by Crippen LogP contribution is -2.50. The summed E-state index contributed by atoms with van der Waals surface area (Å²) in [5, 5.41) is 5.47. The lowest BCUT2D eigenvalue weighted by Gasteiger charge is -2.37. The van der Waals surface area contributed by atoms with Crippen LogP contribution in [-0.2, 0) is 4.74 Å². The highest BCUT2D eigenvalue weighted by molar-refractivity contribution is 5.88. The molecule has 0 spiro atoms. The molecule has 2 N–H and O–H groups in total. The van der Waals surface area contributed by atoms with Gasteiger partial charge in [0.25, 0.3) is 0 Å². The maximum atomic E-state index is 12.8. The van der Waals surface area contributed by atoms with Gasteiger partial charge in [-0.1, -0.05) is 0 Å². The Kier molecular flexibility index (Phi) is 8.88. The van der Waals surface area contributed by atoms with Gasteiger partial charge < -0.3 is 24.2 Å². The first-order chi connectivity index (χ1) is 17.9. The second-order valence-electron chi connectivity index (χ2n) is 9.20. The number of ether oxygens (including phenoxy) is 2. The van der Waals surface area contributed by atoms with Crippen molar-refractivity contribution in [1.82, 2.24) is 29.7 Å². The number of urea groups is 1. The number of anilines is 3. The minimum atomic E-state index is -0.532. The number of rotatable bonds is 8. The third-order valence-electron chi connectivity index (χ3n) is 6.65. The van der Waals surface area contributed by atoms with E-state index < -0.39 is 6.09 Å². The molecule has 0 saturated carbocycles. The number of carbonyl (C=O) groups is 2. The van der Waals surface area contributed by atoms with Gasteiger partial charge in [-0.3, -0.25) is 10.6 Å². The average Bonchev–Trinajstić information content (AvgIpc) is 3.33. The Morgan fingerprint density at radius 1 is 1.11 bits per heavy atom. The molecule has 2 aliphatic heterocycles. The SMILES string of the molecule is CCOc1cnc(NC(=O)N(C)[C@@H]2CCCN(c3nccc(NC(=O)OC[C@H]4CCCN4C)n3)C2)cn1. The Morgan fingerprint density at radius 2 is 1.95 bits per heavy atom. The number of likely N-dealkylation sites (tertiary alicyclic amines) is 1. The van der Waals surface area contributed by atoms with Crippen molar-refractivity contribution < 1.29 is 19.1 Å². The summed E-state index contributed by atoms with van der Waals surface area (Å²) in [5.41, 5.74) is 0. The fraction of sp³-hybridized carbons (Fsp3) is 0.583. The Hall–Kier alpha value is -3.74. The first-order valence-electron chi connectivity index (χ1n) is 12.6. The van der Waals surface area contributed by atoms with Crippen LogP contribution in [0.15, 0.2) is 24.7 Å². The average molecular weight is 514 g/mol. The van der Waals surface area contributed by atoms with E-state index in [1.54, 1.807) is 24.2 Å². The van der Waals surface area contributed by atoms with Crippen LogP contribution < -0.4 is 20.3 Å². The van der Waals surface area contributed by atoms with Crippen LogP contribution in [0.5, 0.6) is 5.88 Å². The number of likely N-dealkylation sites (N-methyl/N-ethyl adjacent to an activating group) is 2. The molecule has 37 heavy (non-hydrogen) atoms. The summed E-state index contributed by atoms with van der Waals surface area (Å²) in [6.07, 6.45) is 7.86. The van der Waals surface area contributed by atoms with Gasteiger partial charge in [-0.2, -0.15) is 4.98 Å². The van der Waals surface area contributed by atoms with E-state index in [-0.39, 0.29) is 18.1 Å². The highest BCUT2D eigenvalue weighted by atomic mass is 16.5. The van der Waals surface area contributed by atoms with Gasteiger partial charge in [0.15, 0.2) is 5.82 Å². The number of amides is 3. The molecule has 0 radical (unpaired) electrons. The summed E-state index contributed by atoms with van der Waals surface area (Å²) in [7, 11) is 3.79. The van der Waals surface area contributed by atoms with Crippen LogP contribution in [0.1, 0.15) is 32.6 Å². The lowest BCUT2D eigenvalue weighted by atomic mass is 10.1. The number of carbonyl (C=O) groups excluding carboxylic acids is 2. The quantitative estimate of drug-likeness (QED) is 0.541. The molecular formula is C24H35N9O4. The van der Waals surface area contributed by atoms with Crippen LogP contribution in [0.2, 0.25) is 0 Å². The van der Waals surface area contributed by atoms with Crippen LogP contribution in [0, 0.1) is 0 Å². The van der Waals surface area contributed by atoms with Gasteiger partial charge in [0.05, 0.1) is 25.0 Å². The molecule has 2 fully saturated rings. The van der Waals surface area contributed by atoms with Crippen LogP contribution in [0.3, 0.4) is 0 Å². The fourth-order valence-corrected chi connectivity index (χ4v) is 4.49. The second-order valence-corrected chi connectivity index (χ2v) is 9.20. The van der Waals surface area contributed by atoms with E-state index in [1.165, 1.54) is 12.4 Å². The number of nitrogens with one attached hydrogen (secondary N) is 2. The molecule has 200 valence electrons. The van der Waals surface area contributed by atoms with Crippen LogP contribution in [0.25, 0.3) is 0 Å². The summed E-state index contributed by atoms with van der Waals surface area (Å²) < 4.78 is 10.7. The molecule has 2 atom stereocenters. The van der Waals surface area contributed by atoms with E-state index in [2.05, 4.69) is 35.5 Å². The Balaban J connectivity index is 1.30. The molecular weight excluding hydrogens is 478 g/mol. The first kappa shape index (κ1) is 26.3. The molecule has 0 bridgehead atoms. The van der Waals surface area contributed by atoms with Gasteiger partial charge >= 0.3 is 12.1 Å². The predicted molar refractivity (Wildman–Crippen MR) is 138 cm³/mol. The van der Waals surface area contributed by atoms with Gasteiger partial charge in [0, 0.05) is 32.4 Å². The number of hydrogen-bond donors (Lipinski definition) is 2. The lowest BCUT2D eigenvalue weighted by molar-refractivity contribution is 0.127. The molecule has 3 amide bonds. The third kappa shape index (κ3) is 7.15. The zero-order valence-corrected chi connectivity index (χ0v) is 21.6. The third-order valence-corrected chi connectivity index (χ3v) is 6.65. The summed E-state index contributed by atoms with van der Waals surface area (Å²) in [6.45, 7) is 5.03. The molecule has 13 nitrogen and oxygen atoms in total. The largest absolute Gasteiger partial charge is 0.477 e. The van der Waals surface area contributed by atoms with Crippen LogP contribution in [0.4, 0.5) is 27.2 Å². The maximum absolute atomic E-state index is 12.8. The standard InChI is InChI=1S/C24H35N9O4/c1-4-36-21-14-26-20(13-27-21)29-23(34)32(3)17-7-6-12-33(15-17)22-25-10-9-19(28-22)30-24(35)37-16-18-8-5-11-31(18)2/h9-10,13-14,17-18H,4-8,11-12,15-16H2,1-3H3,(H,26,29,34)(H,25,28,30,35)/t17-,18-/m1/s1. The van der Waals surface area contributed by atoms with E-state index in [4.69, 9.17) is 9.47 Å². The van der Waals surface area contributed by atoms with Gasteiger partial charge in [-0.25, -0.2) is 24.5 Å². The monoisotopic (exact) mass is 513 g/mol. The number of nitrogens with zero attached hydrogens (tertiary/aromatic N) is 7. The van der Waals surface area contributed by atoms with E-state index >= 15 is 0 Å². The highest BCUT2D eigenvalue weighted by Crippen LogP contribution is 2.21. The molecule has 2 aliphatic rings. The fourth-order valence-electron chi connectivity index (χ4n) is 4.49. The van der Waals surface area contributed by atoms with E-state index in [0.717, 1.165) is 38.8 Å². The Labute approximate surface area is 216 Å². The normalized spacial score (nSPS) is 19.8. The molecule has 2 saturated heterocycles. The van der Waals surface area contributed by atoms with Crippen molar-refractivity contribution in [2.45, 2.75) is 44.7 Å². The summed E-state index contributed by atoms with van der Waals surface area (Å²) in [6, 6.07) is 1.55. The predicted octanol–water partition coefficient (Wildman–Crippen LogP) is 2.44. The summed E-state index contributed by atoms with van der Waals surface area (Å²) >= 11 is 0. The molecule has 0 aliphatic carbocycles. The molecule has 4 heterocycles. The molecule has 0 aromatic carbocycles. The van der Waals surface area contributed by atoms with Crippen molar-refractivity contribution in [2.75, 3.05) is 62.5 Å². The second kappa shape index (κ2) is 12.5. The highest BCUT2D eigenvalue weighted by Gasteiger charge is 2.28. The van der Waals surface area contributed by atoms with E-state index in [9.17, 15) is 9.59 Å². The molecule has 4 rings (SSSR count). The number of hydrogen-bond acceptors (Lipinski definition) is 10. The van der Waals surface area contributed by atoms with Crippen molar-refractivity contribution in [2.24, 2.45) is 0 Å². The van der Waals surface area contributed by atoms with Gasteiger partial charge in [0.2, 0.25) is 11.8 Å².